The molecule has 10 aromatic rings. The summed E-state index contributed by atoms with van der Waals surface area (Å²) >= 11 is 0. The first-order valence-corrected chi connectivity index (χ1v) is 16.2. The summed E-state index contributed by atoms with van der Waals surface area (Å²) in [5.74, 6) is 0. The van der Waals surface area contributed by atoms with Gasteiger partial charge < -0.3 is 9.13 Å². The van der Waals surface area contributed by atoms with Crippen LogP contribution in [0.3, 0.4) is 0 Å². The van der Waals surface area contributed by atoms with E-state index in [-0.39, 0.29) is 0 Å². The van der Waals surface area contributed by atoms with Gasteiger partial charge in [0.25, 0.3) is 0 Å². The summed E-state index contributed by atoms with van der Waals surface area (Å²) in [5.41, 5.74) is 11.0. The molecule has 0 spiro atoms. The van der Waals surface area contributed by atoms with Crippen LogP contribution in [-0.4, -0.2) is 34.1 Å². The highest BCUT2D eigenvalue weighted by molar-refractivity contribution is 6.14. The number of nitrogens with zero attached hydrogens (tertiary/aromatic N) is 7. The molecule has 0 aliphatic carbocycles. The number of hydrogen-bond donors (Lipinski definition) is 0. The van der Waals surface area contributed by atoms with E-state index >= 15 is 0 Å². The van der Waals surface area contributed by atoms with E-state index in [1.165, 1.54) is 27.2 Å². The van der Waals surface area contributed by atoms with Gasteiger partial charge in [-0.2, -0.15) is 0 Å². The summed E-state index contributed by atoms with van der Waals surface area (Å²) < 4.78 is 6.64. The minimum Gasteiger partial charge on any atom is -0.309 e. The zero-order valence-corrected chi connectivity index (χ0v) is 26.2. The summed E-state index contributed by atoms with van der Waals surface area (Å²) in [4.78, 5) is 8.83. The largest absolute Gasteiger partial charge is 0.309 e. The van der Waals surface area contributed by atoms with Crippen molar-refractivity contribution in [2.75, 3.05) is 0 Å². The van der Waals surface area contributed by atoms with Crippen LogP contribution < -0.4 is 0 Å². The Balaban J connectivity index is 1.29. The molecule has 230 valence electrons. The molecule has 0 amide bonds. The Hall–Kier alpha value is -6.86. The number of benzene rings is 5. The van der Waals surface area contributed by atoms with Crippen LogP contribution in [-0.2, 0) is 0 Å². The standard InChI is InChI=1S/C42H27N7/c1-4-20-37-32(15-1)33-16-2-5-21-38(33)47(37)29-12-7-13-30(25-29)48-39-22-6-3-17-34(39)35-18-8-19-36(41(35)48)42-40(28-11-9-23-43-26-28)45-46-49(42)31-14-10-24-44-27-31/h1-27H. The molecule has 0 radical (unpaired) electrons. The van der Waals surface area contributed by atoms with Gasteiger partial charge in [0.15, 0.2) is 0 Å². The van der Waals surface area contributed by atoms with Gasteiger partial charge in [0.2, 0.25) is 0 Å². The Kier molecular flexibility index (Phi) is 6.04. The van der Waals surface area contributed by atoms with Gasteiger partial charge in [0.05, 0.1) is 34.0 Å². The molecule has 0 atom stereocenters. The van der Waals surface area contributed by atoms with E-state index in [0.717, 1.165) is 56.0 Å². The molecule has 10 rings (SSSR count). The third kappa shape index (κ3) is 4.16. The summed E-state index contributed by atoms with van der Waals surface area (Å²) in [6.07, 6.45) is 7.20. The van der Waals surface area contributed by atoms with E-state index < -0.39 is 0 Å². The number of fused-ring (bicyclic) bond motifs is 6. The summed E-state index contributed by atoms with van der Waals surface area (Å²) in [6.45, 7) is 0. The van der Waals surface area contributed by atoms with Crippen LogP contribution in [0.4, 0.5) is 0 Å². The van der Waals surface area contributed by atoms with Crippen molar-refractivity contribution in [2.24, 2.45) is 0 Å². The van der Waals surface area contributed by atoms with Gasteiger partial charge in [-0.25, -0.2) is 4.68 Å². The second kappa shape index (κ2) is 10.9. The lowest BCUT2D eigenvalue weighted by Gasteiger charge is -2.15. The van der Waals surface area contributed by atoms with Crippen LogP contribution >= 0.6 is 0 Å². The first kappa shape index (κ1) is 27.3. The lowest BCUT2D eigenvalue weighted by molar-refractivity contribution is 0.805. The molecule has 0 aliphatic heterocycles. The average molecular weight is 630 g/mol. The van der Waals surface area contributed by atoms with Crippen LogP contribution in [0.15, 0.2) is 164 Å². The molecule has 7 nitrogen and oxygen atoms in total. The van der Waals surface area contributed by atoms with Gasteiger partial charge in [-0.3, -0.25) is 9.97 Å². The molecule has 0 N–H and O–H groups in total. The van der Waals surface area contributed by atoms with Gasteiger partial charge in [-0.15, -0.1) is 5.10 Å². The predicted octanol–water partition coefficient (Wildman–Crippen LogP) is 9.59. The Labute approximate surface area is 281 Å². The molecular weight excluding hydrogens is 603 g/mol. The second-order valence-corrected chi connectivity index (χ2v) is 12.1. The van der Waals surface area contributed by atoms with Crippen LogP contribution in [0.2, 0.25) is 0 Å². The molecule has 0 saturated heterocycles. The number of hydrogen-bond acceptors (Lipinski definition) is 4. The number of aromatic nitrogens is 7. The molecule has 0 unspecified atom stereocenters. The lowest BCUT2D eigenvalue weighted by atomic mass is 10.0. The Morgan fingerprint density at radius 3 is 1.69 bits per heavy atom. The number of rotatable bonds is 5. The molecule has 0 bridgehead atoms. The van der Waals surface area contributed by atoms with Gasteiger partial charge in [0, 0.05) is 62.6 Å². The van der Waals surface area contributed by atoms with Gasteiger partial charge in [-0.1, -0.05) is 84.1 Å². The fourth-order valence-corrected chi connectivity index (χ4v) is 7.33. The van der Waals surface area contributed by atoms with Crippen molar-refractivity contribution in [1.82, 2.24) is 34.1 Å². The third-order valence-corrected chi connectivity index (χ3v) is 9.37. The molecule has 7 heteroatoms. The van der Waals surface area contributed by atoms with E-state index in [9.17, 15) is 0 Å². The fraction of sp³-hybridized carbons (Fsp3) is 0. The highest BCUT2D eigenvalue weighted by Crippen LogP contribution is 2.42. The van der Waals surface area contributed by atoms with Crippen LogP contribution in [0.5, 0.6) is 0 Å². The van der Waals surface area contributed by atoms with E-state index in [1.54, 1.807) is 12.4 Å². The topological polar surface area (TPSA) is 66.3 Å². The molecule has 0 fully saturated rings. The SMILES string of the molecule is c1cncc(-c2nnn(-c3cccnc3)c2-c2cccc3c4ccccc4n(-c4cccc(-n5c6ccccc6c6ccccc65)c4)c23)c1. The second-order valence-electron chi connectivity index (χ2n) is 12.1. The smallest absolute Gasteiger partial charge is 0.123 e. The van der Waals surface area contributed by atoms with Crippen molar-refractivity contribution in [3.8, 4) is 39.6 Å². The summed E-state index contributed by atoms with van der Waals surface area (Å²) in [5, 5.41) is 14.2. The molecular formula is C42H27N7. The van der Waals surface area contributed by atoms with Crippen molar-refractivity contribution in [1.29, 1.82) is 0 Å². The van der Waals surface area contributed by atoms with Crippen molar-refractivity contribution in [2.45, 2.75) is 0 Å². The van der Waals surface area contributed by atoms with E-state index in [0.29, 0.717) is 0 Å². The highest BCUT2D eigenvalue weighted by atomic mass is 15.4. The van der Waals surface area contributed by atoms with Crippen molar-refractivity contribution in [3.63, 3.8) is 0 Å². The van der Waals surface area contributed by atoms with Gasteiger partial charge in [-0.05, 0) is 60.7 Å². The van der Waals surface area contributed by atoms with Crippen LogP contribution in [0, 0.1) is 0 Å². The van der Waals surface area contributed by atoms with E-state index in [1.807, 2.05) is 41.3 Å². The maximum Gasteiger partial charge on any atom is 0.123 e. The fourth-order valence-electron chi connectivity index (χ4n) is 7.33. The third-order valence-electron chi connectivity index (χ3n) is 9.37. The highest BCUT2D eigenvalue weighted by Gasteiger charge is 2.24. The van der Waals surface area contributed by atoms with E-state index in [2.05, 4.69) is 134 Å². The Bertz CT molecular complexity index is 2720. The summed E-state index contributed by atoms with van der Waals surface area (Å²) in [7, 11) is 0. The molecule has 5 aromatic carbocycles. The number of para-hydroxylation sites is 4. The average Bonchev–Trinajstić information content (AvgIpc) is 3.86. The van der Waals surface area contributed by atoms with Crippen molar-refractivity contribution < 1.29 is 0 Å². The predicted molar refractivity (Wildman–Crippen MR) is 196 cm³/mol. The van der Waals surface area contributed by atoms with Crippen molar-refractivity contribution >= 4 is 43.6 Å². The van der Waals surface area contributed by atoms with Crippen molar-refractivity contribution in [3.05, 3.63) is 164 Å². The lowest BCUT2D eigenvalue weighted by Crippen LogP contribution is -2.03. The first-order valence-electron chi connectivity index (χ1n) is 16.2. The molecule has 5 heterocycles. The monoisotopic (exact) mass is 629 g/mol. The summed E-state index contributed by atoms with van der Waals surface area (Å²) in [6, 6.07) is 49.1. The molecule has 0 saturated carbocycles. The van der Waals surface area contributed by atoms with Crippen LogP contribution in [0.25, 0.3) is 83.2 Å². The number of pyridine rings is 2. The Morgan fingerprint density at radius 1 is 0.449 bits per heavy atom. The quantitative estimate of drug-likeness (QED) is 0.190. The van der Waals surface area contributed by atoms with Crippen LogP contribution in [0.1, 0.15) is 0 Å². The maximum absolute atomic E-state index is 4.74. The normalized spacial score (nSPS) is 11.7. The zero-order valence-electron chi connectivity index (χ0n) is 26.2. The zero-order chi connectivity index (χ0) is 32.3. The molecule has 0 aliphatic rings. The maximum atomic E-state index is 4.74. The molecule has 49 heavy (non-hydrogen) atoms. The first-order chi connectivity index (χ1) is 24.3. The minimum absolute atomic E-state index is 0.750. The van der Waals surface area contributed by atoms with E-state index in [4.69, 9.17) is 10.3 Å². The van der Waals surface area contributed by atoms with Gasteiger partial charge in [0.1, 0.15) is 11.4 Å². The Morgan fingerprint density at radius 2 is 1.02 bits per heavy atom. The minimum atomic E-state index is 0.750. The van der Waals surface area contributed by atoms with Gasteiger partial charge >= 0.3 is 0 Å². The molecule has 5 aromatic heterocycles.